The summed E-state index contributed by atoms with van der Waals surface area (Å²) < 4.78 is 15.6. The second kappa shape index (κ2) is 6.05. The van der Waals surface area contributed by atoms with Gasteiger partial charge in [-0.05, 0) is 36.4 Å². The normalized spacial score (nSPS) is 15.7. The van der Waals surface area contributed by atoms with Gasteiger partial charge < -0.3 is 10.2 Å². The van der Waals surface area contributed by atoms with E-state index < -0.39 is 18.0 Å². The van der Waals surface area contributed by atoms with E-state index in [1.807, 2.05) is 0 Å². The van der Waals surface area contributed by atoms with Crippen LogP contribution in [0.5, 0.6) is 0 Å². The van der Waals surface area contributed by atoms with Crippen molar-refractivity contribution in [3.05, 3.63) is 81.9 Å². The zero-order valence-corrected chi connectivity index (χ0v) is 13.9. The highest BCUT2D eigenvalue weighted by Crippen LogP contribution is 2.32. The van der Waals surface area contributed by atoms with Gasteiger partial charge in [0.25, 0.3) is 0 Å². The van der Waals surface area contributed by atoms with E-state index in [1.165, 1.54) is 16.8 Å². The first-order valence-electron chi connectivity index (χ1n) is 7.60. The predicted molar refractivity (Wildman–Crippen MR) is 92.5 cm³/mol. The lowest BCUT2D eigenvalue weighted by Crippen LogP contribution is -2.10. The molecule has 0 spiro atoms. The molecule has 8 heteroatoms. The van der Waals surface area contributed by atoms with E-state index in [4.69, 9.17) is 11.6 Å². The highest BCUT2D eigenvalue weighted by molar-refractivity contribution is 6.31. The molecule has 1 unspecified atom stereocenters. The van der Waals surface area contributed by atoms with Crippen LogP contribution in [-0.4, -0.2) is 31.7 Å². The summed E-state index contributed by atoms with van der Waals surface area (Å²) in [5, 5.41) is 24.1. The van der Waals surface area contributed by atoms with Crippen LogP contribution in [0.25, 0.3) is 5.69 Å². The lowest BCUT2D eigenvalue weighted by Gasteiger charge is -2.12. The molecule has 0 saturated carbocycles. The molecule has 2 heterocycles. The number of halogens is 2. The van der Waals surface area contributed by atoms with Crippen LogP contribution in [0.4, 0.5) is 4.39 Å². The summed E-state index contributed by atoms with van der Waals surface area (Å²) in [7, 11) is 0. The minimum Gasteiger partial charge on any atom is -0.476 e. The van der Waals surface area contributed by atoms with Gasteiger partial charge in [-0.25, -0.2) is 18.9 Å². The summed E-state index contributed by atoms with van der Waals surface area (Å²) in [5.74, 6) is -1.73. The van der Waals surface area contributed by atoms with E-state index in [9.17, 15) is 19.4 Å². The molecule has 3 aromatic rings. The Bertz CT molecular complexity index is 1080. The van der Waals surface area contributed by atoms with Crippen LogP contribution in [0.15, 0.2) is 53.5 Å². The molecule has 1 aromatic heterocycles. The lowest BCUT2D eigenvalue weighted by molar-refractivity contribution is 0.0690. The van der Waals surface area contributed by atoms with Gasteiger partial charge in [0.05, 0.1) is 17.1 Å². The molecule has 1 aliphatic rings. The molecule has 0 bridgehead atoms. The number of hydrogen-bond acceptors (Lipinski definition) is 4. The number of nitrogens with zero attached hydrogens (tertiary/aromatic N) is 3. The number of aliphatic hydroxyl groups excluding tert-OH is 1. The first kappa shape index (κ1) is 16.4. The van der Waals surface area contributed by atoms with Gasteiger partial charge in [-0.1, -0.05) is 23.7 Å². The van der Waals surface area contributed by atoms with Crippen molar-refractivity contribution in [1.82, 2.24) is 9.78 Å². The van der Waals surface area contributed by atoms with Gasteiger partial charge in [0, 0.05) is 16.1 Å². The van der Waals surface area contributed by atoms with Crippen LogP contribution in [-0.2, 0) is 0 Å². The first-order chi connectivity index (χ1) is 12.5. The van der Waals surface area contributed by atoms with Crippen LogP contribution in [0.3, 0.4) is 0 Å². The monoisotopic (exact) mass is 371 g/mol. The summed E-state index contributed by atoms with van der Waals surface area (Å²) in [6, 6.07) is 12.1. The number of rotatable bonds is 2. The summed E-state index contributed by atoms with van der Waals surface area (Å²) in [6.45, 7) is 0. The van der Waals surface area contributed by atoms with Crippen molar-refractivity contribution in [3.63, 3.8) is 0 Å². The zero-order chi connectivity index (χ0) is 18.4. The number of aromatic nitrogens is 2. The third-order valence-corrected chi connectivity index (χ3v) is 4.28. The zero-order valence-electron chi connectivity index (χ0n) is 13.1. The Morgan fingerprint density at radius 3 is 2.65 bits per heavy atom. The molecule has 2 N–H and O–H groups in total. The molecule has 6 nitrogen and oxygen atoms in total. The number of carbonyl (C=O) groups is 1. The second-order valence-corrected chi connectivity index (χ2v) is 6.10. The average Bonchev–Trinajstić information content (AvgIpc) is 3.02. The fourth-order valence-electron chi connectivity index (χ4n) is 2.89. The summed E-state index contributed by atoms with van der Waals surface area (Å²) in [6.07, 6.45) is -1.42. The van der Waals surface area contributed by atoms with Gasteiger partial charge in [0.2, 0.25) is 0 Å². The van der Waals surface area contributed by atoms with Crippen molar-refractivity contribution in [3.8, 4) is 5.69 Å². The fourth-order valence-corrected chi connectivity index (χ4v) is 3.06. The molecule has 2 aromatic carbocycles. The predicted octanol–water partition coefficient (Wildman–Crippen LogP) is 3.20. The number of fused-ring (bicyclic) bond motifs is 3. The van der Waals surface area contributed by atoms with Gasteiger partial charge in [0.1, 0.15) is 5.82 Å². The topological polar surface area (TPSA) is 87.7 Å². The molecule has 0 aliphatic carbocycles. The number of aliphatic imine (C=N–C) groups is 1. The number of aliphatic hydroxyl groups is 1. The van der Waals surface area contributed by atoms with Crippen LogP contribution >= 0.6 is 11.6 Å². The minimum atomic E-state index is -1.42. The molecule has 1 aliphatic heterocycles. The van der Waals surface area contributed by atoms with E-state index in [1.54, 1.807) is 36.4 Å². The molecular formula is C18H11ClFN3O3. The lowest BCUT2D eigenvalue weighted by atomic mass is 10.00. The van der Waals surface area contributed by atoms with E-state index >= 15 is 0 Å². The largest absolute Gasteiger partial charge is 0.476 e. The van der Waals surface area contributed by atoms with Crippen molar-refractivity contribution in [2.45, 2.75) is 6.23 Å². The van der Waals surface area contributed by atoms with Crippen molar-refractivity contribution in [2.75, 3.05) is 0 Å². The number of benzene rings is 2. The van der Waals surface area contributed by atoms with E-state index in [0.29, 0.717) is 16.3 Å². The first-order valence-corrected chi connectivity index (χ1v) is 7.98. The standard InChI is InChI=1S/C18H11ClFN3O3/c19-9-5-6-14-11(7-9)16(10-3-1-2-4-12(10)20)21-17(24)15-8-13(18(25)26)22-23(14)15/h1-8,17,24H,(H,25,26). The Morgan fingerprint density at radius 2 is 1.92 bits per heavy atom. The fraction of sp³-hybridized carbons (Fsp3) is 0.0556. The smallest absolute Gasteiger partial charge is 0.356 e. The number of carboxylic acids is 1. The van der Waals surface area contributed by atoms with Crippen molar-refractivity contribution in [2.24, 2.45) is 4.99 Å². The van der Waals surface area contributed by atoms with Crippen LogP contribution in [0.1, 0.15) is 33.5 Å². The Balaban J connectivity index is 2.03. The van der Waals surface area contributed by atoms with Gasteiger partial charge in [-0.3, -0.25) is 0 Å². The van der Waals surface area contributed by atoms with Crippen LogP contribution < -0.4 is 0 Å². The van der Waals surface area contributed by atoms with E-state index in [2.05, 4.69) is 10.1 Å². The number of aromatic carboxylic acids is 1. The third kappa shape index (κ3) is 2.58. The molecule has 0 saturated heterocycles. The van der Waals surface area contributed by atoms with Gasteiger partial charge in [-0.2, -0.15) is 5.10 Å². The van der Waals surface area contributed by atoms with Gasteiger partial charge >= 0.3 is 5.97 Å². The van der Waals surface area contributed by atoms with Crippen molar-refractivity contribution in [1.29, 1.82) is 0 Å². The van der Waals surface area contributed by atoms with Crippen molar-refractivity contribution < 1.29 is 19.4 Å². The Hall–Kier alpha value is -3.03. The van der Waals surface area contributed by atoms with E-state index in [0.717, 1.165) is 0 Å². The summed E-state index contributed by atoms with van der Waals surface area (Å²) in [5.41, 5.74) is 1.20. The minimum absolute atomic E-state index is 0.164. The maximum Gasteiger partial charge on any atom is 0.356 e. The summed E-state index contributed by atoms with van der Waals surface area (Å²) in [4.78, 5) is 15.5. The molecule has 1 atom stereocenters. The molecule has 0 radical (unpaired) electrons. The molecule has 26 heavy (non-hydrogen) atoms. The third-order valence-electron chi connectivity index (χ3n) is 4.04. The molecule has 0 fully saturated rings. The Labute approximate surface area is 151 Å². The van der Waals surface area contributed by atoms with Crippen LogP contribution in [0, 0.1) is 5.82 Å². The molecule has 4 rings (SSSR count). The maximum absolute atomic E-state index is 14.4. The summed E-state index contributed by atoms with van der Waals surface area (Å²) >= 11 is 6.11. The molecule has 0 amide bonds. The molecular weight excluding hydrogens is 361 g/mol. The second-order valence-electron chi connectivity index (χ2n) is 5.66. The van der Waals surface area contributed by atoms with E-state index in [-0.39, 0.29) is 22.7 Å². The quantitative estimate of drug-likeness (QED) is 0.724. The van der Waals surface area contributed by atoms with Crippen LogP contribution in [0.2, 0.25) is 5.02 Å². The number of hydrogen-bond donors (Lipinski definition) is 2. The van der Waals surface area contributed by atoms with Gasteiger partial charge in [-0.15, -0.1) is 0 Å². The Kier molecular flexibility index (Phi) is 3.82. The molecule has 130 valence electrons. The van der Waals surface area contributed by atoms with Gasteiger partial charge in [0.15, 0.2) is 11.9 Å². The Morgan fingerprint density at radius 1 is 1.15 bits per heavy atom. The number of carboxylic acid groups (broad SMARTS) is 1. The maximum atomic E-state index is 14.4. The highest BCUT2D eigenvalue weighted by Gasteiger charge is 2.28. The highest BCUT2D eigenvalue weighted by atomic mass is 35.5. The SMILES string of the molecule is O=C(O)c1cc2n(n1)-c1ccc(Cl)cc1C(c1ccccc1F)=NC2O. The van der Waals surface area contributed by atoms with Crippen molar-refractivity contribution >= 4 is 23.3 Å². The average molecular weight is 372 g/mol.